The summed E-state index contributed by atoms with van der Waals surface area (Å²) in [6.07, 6.45) is 6.92. The number of hydrogen-bond acceptors (Lipinski definition) is 8. The van der Waals surface area contributed by atoms with Crippen LogP contribution in [0.4, 0.5) is 11.4 Å². The van der Waals surface area contributed by atoms with Crippen molar-refractivity contribution in [2.45, 2.75) is 96.7 Å². The van der Waals surface area contributed by atoms with Crippen molar-refractivity contribution < 1.29 is 24.3 Å². The zero-order chi connectivity index (χ0) is 27.4. The number of Topliss-reactive ketones (excluding diaryl/α,β-unsaturated/α-hetero) is 1. The predicted molar refractivity (Wildman–Crippen MR) is 145 cm³/mol. The maximum absolute atomic E-state index is 12.9. The van der Waals surface area contributed by atoms with Crippen molar-refractivity contribution in [1.29, 1.82) is 0 Å². The summed E-state index contributed by atoms with van der Waals surface area (Å²) in [5.41, 5.74) is 10.1. The summed E-state index contributed by atoms with van der Waals surface area (Å²) in [6, 6.07) is 5.72. The van der Waals surface area contributed by atoms with Gasteiger partial charge in [0.2, 0.25) is 5.91 Å². The molecular weight excluding hydrogens is 486 g/mol. The second-order valence-electron chi connectivity index (χ2n) is 11.7. The first-order valence-electron chi connectivity index (χ1n) is 13.7. The van der Waals surface area contributed by atoms with Gasteiger partial charge in [0.1, 0.15) is 5.78 Å². The molecule has 2 atom stereocenters. The first kappa shape index (κ1) is 28.0. The number of primary amides is 1. The van der Waals surface area contributed by atoms with Crippen LogP contribution in [0, 0.1) is 11.3 Å². The van der Waals surface area contributed by atoms with E-state index < -0.39 is 5.91 Å². The van der Waals surface area contributed by atoms with E-state index >= 15 is 0 Å². The van der Waals surface area contributed by atoms with E-state index in [-0.39, 0.29) is 47.6 Å². The first-order chi connectivity index (χ1) is 18.1. The number of carbonyl (C=O) groups excluding carboxylic acids is 3. The number of ether oxygens (including phenoxy) is 1. The molecule has 1 heterocycles. The lowest BCUT2D eigenvalue weighted by molar-refractivity contribution is -0.129. The Morgan fingerprint density at radius 1 is 1.21 bits per heavy atom. The summed E-state index contributed by atoms with van der Waals surface area (Å²) in [6.45, 7) is 6.78. The van der Waals surface area contributed by atoms with Crippen molar-refractivity contribution in [3.8, 4) is 0 Å². The van der Waals surface area contributed by atoms with Crippen molar-refractivity contribution in [2.24, 2.45) is 22.2 Å². The fourth-order valence-electron chi connectivity index (χ4n) is 6.14. The van der Waals surface area contributed by atoms with E-state index in [0.717, 1.165) is 49.9 Å². The van der Waals surface area contributed by atoms with Gasteiger partial charge in [0.25, 0.3) is 5.91 Å². The third-order valence-electron chi connectivity index (χ3n) is 8.02. The van der Waals surface area contributed by atoms with Crippen LogP contribution >= 0.6 is 0 Å². The van der Waals surface area contributed by atoms with Crippen LogP contribution in [0.25, 0.3) is 0 Å². The summed E-state index contributed by atoms with van der Waals surface area (Å²) in [7, 11) is 0. The van der Waals surface area contributed by atoms with E-state index in [4.69, 9.17) is 20.8 Å². The largest absolute Gasteiger partial charge is 0.382 e. The Morgan fingerprint density at radius 2 is 1.95 bits per heavy atom. The molecule has 38 heavy (non-hydrogen) atoms. The fourth-order valence-corrected chi connectivity index (χ4v) is 6.14. The Bertz CT molecular complexity index is 1080. The molecule has 0 radical (unpaired) electrons. The van der Waals surface area contributed by atoms with Crippen molar-refractivity contribution in [2.75, 3.05) is 16.9 Å². The number of nitrogens with two attached hydrogens (primary N) is 1. The van der Waals surface area contributed by atoms with Gasteiger partial charge >= 0.3 is 0 Å². The molecule has 2 fully saturated rings. The summed E-state index contributed by atoms with van der Waals surface area (Å²) >= 11 is 0. The molecule has 2 saturated carbocycles. The molecule has 2 amide bonds. The summed E-state index contributed by atoms with van der Waals surface area (Å²) in [4.78, 5) is 36.2. The smallest absolute Gasteiger partial charge is 0.250 e. The topological polar surface area (TPSA) is 146 Å². The molecule has 0 spiro atoms. The van der Waals surface area contributed by atoms with Gasteiger partial charge in [-0.15, -0.1) is 0 Å². The van der Waals surface area contributed by atoms with Crippen LogP contribution in [0.15, 0.2) is 23.3 Å². The van der Waals surface area contributed by atoms with Gasteiger partial charge in [0.05, 0.1) is 29.3 Å². The number of hydroxylamine groups is 1. The van der Waals surface area contributed by atoms with Gasteiger partial charge in [-0.05, 0) is 75.5 Å². The highest BCUT2D eigenvalue weighted by molar-refractivity contribution is 6.08. The number of fused-ring (bicyclic) bond motifs is 1. The Kier molecular flexibility index (Phi) is 8.72. The summed E-state index contributed by atoms with van der Waals surface area (Å²) in [5.74, 6) is -0.799. The van der Waals surface area contributed by atoms with Gasteiger partial charge < -0.3 is 15.8 Å². The average Bonchev–Trinajstić information content (AvgIpc) is 3.19. The standard InChI is InChI=1S/C28H41N5O5/c1-17-26-23(15-28(2,3)16-24(26)34)33(31-17)19-9-12-21(27(29)36)22(14-19)30-18-7-10-20(11-8-18)38-13-5-4-6-25(35)32-37/h9,12,14,18,20,23,26,30,37H,4-8,10-11,13,15-16H2,1-3H3,(H2,29,36)(H,32,35). The van der Waals surface area contributed by atoms with E-state index in [1.807, 2.05) is 24.1 Å². The Hall–Kier alpha value is -2.98. The summed E-state index contributed by atoms with van der Waals surface area (Å²) < 4.78 is 5.99. The van der Waals surface area contributed by atoms with E-state index in [0.29, 0.717) is 30.7 Å². The molecular formula is C28H41N5O5. The van der Waals surface area contributed by atoms with Gasteiger partial charge in [-0.25, -0.2) is 5.48 Å². The molecule has 10 heteroatoms. The monoisotopic (exact) mass is 527 g/mol. The van der Waals surface area contributed by atoms with E-state index in [2.05, 4.69) is 19.2 Å². The predicted octanol–water partition coefficient (Wildman–Crippen LogP) is 3.77. The minimum atomic E-state index is -0.487. The van der Waals surface area contributed by atoms with Crippen LogP contribution in [0.5, 0.6) is 0 Å². The second-order valence-corrected chi connectivity index (χ2v) is 11.7. The third kappa shape index (κ3) is 6.53. The second kappa shape index (κ2) is 11.8. The molecule has 0 saturated heterocycles. The van der Waals surface area contributed by atoms with Crippen LogP contribution in [0.2, 0.25) is 0 Å². The molecule has 208 valence electrons. The Balaban J connectivity index is 1.38. The van der Waals surface area contributed by atoms with E-state index in [1.165, 1.54) is 0 Å². The van der Waals surface area contributed by atoms with Gasteiger partial charge in [0, 0.05) is 36.9 Å². The number of nitrogens with zero attached hydrogens (tertiary/aromatic N) is 2. The van der Waals surface area contributed by atoms with E-state index in [1.54, 1.807) is 11.5 Å². The van der Waals surface area contributed by atoms with Crippen LogP contribution in [-0.2, 0) is 14.3 Å². The highest BCUT2D eigenvalue weighted by atomic mass is 16.5. The lowest BCUT2D eigenvalue weighted by atomic mass is 9.68. The molecule has 1 aromatic rings. The van der Waals surface area contributed by atoms with Crippen molar-refractivity contribution in [1.82, 2.24) is 5.48 Å². The molecule has 2 unspecified atom stereocenters. The molecule has 10 nitrogen and oxygen atoms in total. The zero-order valence-corrected chi connectivity index (χ0v) is 22.7. The van der Waals surface area contributed by atoms with Crippen molar-refractivity contribution in [3.63, 3.8) is 0 Å². The van der Waals surface area contributed by atoms with Crippen molar-refractivity contribution in [3.05, 3.63) is 23.8 Å². The normalized spacial score (nSPS) is 26.5. The minimum absolute atomic E-state index is 0.0239. The lowest BCUT2D eigenvalue weighted by Crippen LogP contribution is -2.46. The van der Waals surface area contributed by atoms with Crippen LogP contribution in [0.3, 0.4) is 0 Å². The number of benzene rings is 1. The number of hydrazone groups is 1. The molecule has 0 bridgehead atoms. The first-order valence-corrected chi connectivity index (χ1v) is 13.7. The van der Waals surface area contributed by atoms with Gasteiger partial charge in [0.15, 0.2) is 0 Å². The van der Waals surface area contributed by atoms with E-state index in [9.17, 15) is 14.4 Å². The van der Waals surface area contributed by atoms with Gasteiger partial charge in [-0.2, -0.15) is 5.10 Å². The number of amides is 2. The quantitative estimate of drug-likeness (QED) is 0.206. The number of rotatable bonds is 10. The molecule has 1 aliphatic heterocycles. The average molecular weight is 528 g/mol. The molecule has 4 rings (SSSR count). The molecule has 5 N–H and O–H groups in total. The SMILES string of the molecule is CC1=NN(c2ccc(C(N)=O)c(NC3CCC(OCCCCC(=O)NO)CC3)c2)C2CC(C)(C)CC(=O)C12. The fraction of sp³-hybridized carbons (Fsp3) is 0.643. The minimum Gasteiger partial charge on any atom is -0.382 e. The van der Waals surface area contributed by atoms with Crippen LogP contribution < -0.4 is 21.5 Å². The molecule has 0 aromatic heterocycles. The Morgan fingerprint density at radius 3 is 2.63 bits per heavy atom. The molecule has 2 aliphatic carbocycles. The van der Waals surface area contributed by atoms with Crippen molar-refractivity contribution >= 4 is 34.7 Å². The zero-order valence-electron chi connectivity index (χ0n) is 22.7. The van der Waals surface area contributed by atoms with Gasteiger partial charge in [-0.1, -0.05) is 13.8 Å². The maximum Gasteiger partial charge on any atom is 0.250 e. The number of unbranched alkanes of at least 4 members (excludes halogenated alkanes) is 1. The molecule has 1 aromatic carbocycles. The maximum atomic E-state index is 12.9. The number of carbonyl (C=O) groups is 3. The number of ketones is 1. The lowest BCUT2D eigenvalue weighted by Gasteiger charge is -2.39. The Labute approximate surface area is 224 Å². The highest BCUT2D eigenvalue weighted by Crippen LogP contribution is 2.44. The van der Waals surface area contributed by atoms with Crippen LogP contribution in [0.1, 0.15) is 88.9 Å². The third-order valence-corrected chi connectivity index (χ3v) is 8.02. The highest BCUT2D eigenvalue weighted by Gasteiger charge is 2.48. The van der Waals surface area contributed by atoms with Crippen LogP contribution in [-0.4, -0.2) is 53.3 Å². The molecule has 3 aliphatic rings. The summed E-state index contributed by atoms with van der Waals surface area (Å²) in [5, 5.41) is 18.8. The number of hydrogen-bond donors (Lipinski definition) is 4. The van der Waals surface area contributed by atoms with Gasteiger partial charge in [-0.3, -0.25) is 24.6 Å². The number of nitrogens with one attached hydrogen (secondary N) is 2. The number of anilines is 2.